The van der Waals surface area contributed by atoms with Crippen molar-refractivity contribution in [2.75, 3.05) is 81.1 Å². The predicted molar refractivity (Wildman–Crippen MR) is 222 cm³/mol. The molecule has 9 rings (SSSR count). The molecule has 4 aromatic rings. The molecule has 2 aromatic heterocycles. The van der Waals surface area contributed by atoms with Gasteiger partial charge in [0.1, 0.15) is 11.5 Å². The molecule has 4 N–H and O–H groups in total. The minimum Gasteiger partial charge on any atom is -0.385 e. The molecule has 5 aliphatic heterocycles. The second-order valence-electron chi connectivity index (χ2n) is 17.2. The number of urea groups is 1. The van der Waals surface area contributed by atoms with Crippen LogP contribution in [0.3, 0.4) is 0 Å². The Labute approximate surface area is 346 Å². The third kappa shape index (κ3) is 7.18. The number of hydrogen-bond acceptors (Lipinski definition) is 9. The number of nitrogens with zero attached hydrogens (tertiary/aromatic N) is 8. The number of rotatable bonds is 8. The fourth-order valence-electron chi connectivity index (χ4n) is 10.3. The lowest BCUT2D eigenvalue weighted by atomic mass is 9.70. The second kappa shape index (κ2) is 15.6. The van der Waals surface area contributed by atoms with Gasteiger partial charge in [0.15, 0.2) is 11.5 Å². The number of fused-ring (bicyclic) bond motifs is 2. The number of carbonyl (C=O) groups is 3. The van der Waals surface area contributed by atoms with E-state index < -0.39 is 23.7 Å². The van der Waals surface area contributed by atoms with Gasteiger partial charge in [-0.3, -0.25) is 24.3 Å². The van der Waals surface area contributed by atoms with E-state index in [1.807, 2.05) is 34.1 Å². The first-order chi connectivity index (χ1) is 28.8. The summed E-state index contributed by atoms with van der Waals surface area (Å²) in [5, 5.41) is 10.7. The lowest BCUT2D eigenvalue weighted by Gasteiger charge is -2.51. The molecule has 5 aliphatic rings. The summed E-state index contributed by atoms with van der Waals surface area (Å²) < 4.78 is 49.0. The number of halogens is 3. The summed E-state index contributed by atoms with van der Waals surface area (Å²) in [6, 6.07) is 9.65. The number of likely N-dealkylation sites (tertiary alicyclic amines) is 3. The SMILES string of the molecule is CNc1cc(N2CCc3c(CN4CCC(N5CCC6(CCN(C(=O)c7cc(N8CCCNC8=O)c(C)cc7F)CC6)CC5)C(F)(F)C4)cccc32)nn2c(C(N)=O)cnc12. The summed E-state index contributed by atoms with van der Waals surface area (Å²) >= 11 is 0. The predicted octanol–water partition coefficient (Wildman–Crippen LogP) is 5.16. The van der Waals surface area contributed by atoms with Crippen molar-refractivity contribution < 1.29 is 27.6 Å². The Bertz CT molecular complexity index is 2340. The lowest BCUT2D eigenvalue weighted by Crippen LogP contribution is -2.60. The highest BCUT2D eigenvalue weighted by Gasteiger charge is 2.50. The number of alkyl halides is 2. The van der Waals surface area contributed by atoms with Crippen molar-refractivity contribution in [1.29, 1.82) is 0 Å². The molecule has 60 heavy (non-hydrogen) atoms. The molecule has 1 unspecified atom stereocenters. The van der Waals surface area contributed by atoms with E-state index >= 15 is 13.2 Å². The topological polar surface area (TPSA) is 148 Å². The molecule has 4 amide bonds. The highest BCUT2D eigenvalue weighted by molar-refractivity contribution is 5.99. The zero-order valence-corrected chi connectivity index (χ0v) is 34.2. The van der Waals surface area contributed by atoms with E-state index in [1.54, 1.807) is 23.8 Å². The zero-order valence-electron chi connectivity index (χ0n) is 34.2. The van der Waals surface area contributed by atoms with Gasteiger partial charge >= 0.3 is 6.03 Å². The van der Waals surface area contributed by atoms with E-state index in [1.165, 1.54) is 22.8 Å². The van der Waals surface area contributed by atoms with Crippen LogP contribution < -0.4 is 26.2 Å². The van der Waals surface area contributed by atoms with Crippen LogP contribution in [0.2, 0.25) is 0 Å². The number of carbonyl (C=O) groups excluding carboxylic acids is 3. The largest absolute Gasteiger partial charge is 0.385 e. The van der Waals surface area contributed by atoms with Gasteiger partial charge in [-0.15, -0.1) is 5.10 Å². The molecule has 4 saturated heterocycles. The van der Waals surface area contributed by atoms with Crippen LogP contribution in [0.4, 0.5) is 40.8 Å². The quantitative estimate of drug-likeness (QED) is 0.219. The molecule has 4 fully saturated rings. The number of hydrogen-bond donors (Lipinski definition) is 3. The van der Waals surface area contributed by atoms with Crippen molar-refractivity contribution in [1.82, 2.24) is 34.6 Å². The van der Waals surface area contributed by atoms with Crippen LogP contribution in [0.5, 0.6) is 0 Å². The molecule has 1 atom stereocenters. The Hall–Kier alpha value is -5.42. The maximum Gasteiger partial charge on any atom is 0.321 e. The van der Waals surface area contributed by atoms with Gasteiger partial charge in [-0.1, -0.05) is 12.1 Å². The Morgan fingerprint density at radius 2 is 1.75 bits per heavy atom. The monoisotopic (exact) mass is 827 g/mol. The third-order valence-electron chi connectivity index (χ3n) is 13.7. The fraction of sp³-hybridized carbons (Fsp3) is 0.512. The van der Waals surface area contributed by atoms with E-state index in [0.29, 0.717) is 93.7 Å². The summed E-state index contributed by atoms with van der Waals surface area (Å²) in [5.41, 5.74) is 11.1. The summed E-state index contributed by atoms with van der Waals surface area (Å²) in [6.07, 6.45) is 6.33. The molecule has 7 heterocycles. The van der Waals surface area contributed by atoms with Gasteiger partial charge in [-0.25, -0.2) is 27.5 Å². The molecule has 14 nitrogen and oxygen atoms in total. The molecule has 0 radical (unpaired) electrons. The number of primary amides is 1. The number of amides is 4. The van der Waals surface area contributed by atoms with Crippen LogP contribution in [0.25, 0.3) is 5.65 Å². The molecule has 0 bridgehead atoms. The lowest BCUT2D eigenvalue weighted by molar-refractivity contribution is -0.139. The second-order valence-corrected chi connectivity index (χ2v) is 17.2. The van der Waals surface area contributed by atoms with Crippen LogP contribution in [-0.2, 0) is 13.0 Å². The van der Waals surface area contributed by atoms with Crippen molar-refractivity contribution in [3.63, 3.8) is 0 Å². The van der Waals surface area contributed by atoms with E-state index in [2.05, 4.69) is 20.5 Å². The number of benzene rings is 2. The Kier molecular flexibility index (Phi) is 10.4. The van der Waals surface area contributed by atoms with Crippen LogP contribution >= 0.6 is 0 Å². The first-order valence-corrected chi connectivity index (χ1v) is 21.1. The Balaban J connectivity index is 0.807. The molecule has 318 valence electrons. The number of nitrogens with one attached hydrogen (secondary N) is 2. The molecule has 17 heteroatoms. The molecular formula is C43H52F3N11O3. The summed E-state index contributed by atoms with van der Waals surface area (Å²) in [7, 11) is 1.77. The standard InChI is InChI=1S/C43H52F3N11O3/c1-27-21-31(44)30(22-34(27)56-14-4-13-49-41(56)60)40(59)54-19-11-42(12-20-54)9-17-53(18-10-42)36-8-15-52(26-43(36,45)46)25-28-5-3-6-33-29(28)7-16-55(33)37-23-32(48-2)39-50-24-35(38(47)58)57(39)51-37/h3,5-6,21-24,36,48H,4,7-20,25-26H2,1-2H3,(H2,47,58)(H,49,60). The minimum absolute atomic E-state index is 0.0299. The first kappa shape index (κ1) is 40.0. The molecule has 0 aliphatic carbocycles. The number of aromatic nitrogens is 3. The van der Waals surface area contributed by atoms with Crippen molar-refractivity contribution in [3.8, 4) is 0 Å². The van der Waals surface area contributed by atoms with Crippen molar-refractivity contribution in [3.05, 3.63) is 76.4 Å². The van der Waals surface area contributed by atoms with Gasteiger partial charge < -0.3 is 26.2 Å². The Morgan fingerprint density at radius 3 is 2.47 bits per heavy atom. The number of imidazole rings is 1. The fourth-order valence-corrected chi connectivity index (χ4v) is 10.3. The summed E-state index contributed by atoms with van der Waals surface area (Å²) in [4.78, 5) is 51.8. The van der Waals surface area contributed by atoms with E-state index in [9.17, 15) is 14.4 Å². The smallest absolute Gasteiger partial charge is 0.321 e. The van der Waals surface area contributed by atoms with Crippen molar-refractivity contribution in [2.45, 2.75) is 70.4 Å². The van der Waals surface area contributed by atoms with Gasteiger partial charge in [0.2, 0.25) is 0 Å². The highest BCUT2D eigenvalue weighted by atomic mass is 19.3. The van der Waals surface area contributed by atoms with Gasteiger partial charge in [-0.05, 0) is 105 Å². The van der Waals surface area contributed by atoms with Gasteiger partial charge in [0.25, 0.3) is 17.7 Å². The number of piperidine rings is 3. The van der Waals surface area contributed by atoms with E-state index in [-0.39, 0.29) is 35.2 Å². The molecule has 2 aromatic carbocycles. The molecule has 0 saturated carbocycles. The van der Waals surface area contributed by atoms with Crippen molar-refractivity contribution in [2.24, 2.45) is 11.1 Å². The highest BCUT2D eigenvalue weighted by Crippen LogP contribution is 2.45. The van der Waals surface area contributed by atoms with Crippen molar-refractivity contribution >= 4 is 46.4 Å². The summed E-state index contributed by atoms with van der Waals surface area (Å²) in [6.45, 7) is 6.25. The molecule has 1 spiro atoms. The van der Waals surface area contributed by atoms with Crippen LogP contribution in [0, 0.1) is 18.2 Å². The van der Waals surface area contributed by atoms with E-state index in [0.717, 1.165) is 55.3 Å². The van der Waals surface area contributed by atoms with Crippen LogP contribution in [0.15, 0.2) is 42.6 Å². The average Bonchev–Trinajstić information content (AvgIpc) is 3.87. The number of aryl methyl sites for hydroxylation is 1. The number of anilines is 4. The van der Waals surface area contributed by atoms with Gasteiger partial charge in [-0.2, -0.15) is 0 Å². The van der Waals surface area contributed by atoms with Crippen LogP contribution in [-0.4, -0.2) is 125 Å². The molecular weight excluding hydrogens is 776 g/mol. The minimum atomic E-state index is -2.89. The maximum absolute atomic E-state index is 16.1. The first-order valence-electron chi connectivity index (χ1n) is 21.1. The zero-order chi connectivity index (χ0) is 41.9. The average molecular weight is 828 g/mol. The number of nitrogens with two attached hydrogens (primary N) is 1. The Morgan fingerprint density at radius 1 is 0.983 bits per heavy atom. The van der Waals surface area contributed by atoms with Gasteiger partial charge in [0, 0.05) is 70.3 Å². The normalized spacial score (nSPS) is 22.0. The summed E-state index contributed by atoms with van der Waals surface area (Å²) in [5.74, 6) is -3.87. The maximum atomic E-state index is 16.1. The van der Waals surface area contributed by atoms with Crippen LogP contribution in [0.1, 0.15) is 76.1 Å². The van der Waals surface area contributed by atoms with Gasteiger partial charge in [0.05, 0.1) is 30.0 Å². The third-order valence-corrected chi connectivity index (χ3v) is 13.7. The van der Waals surface area contributed by atoms with E-state index in [4.69, 9.17) is 10.8 Å².